The van der Waals surface area contributed by atoms with Gasteiger partial charge in [0.05, 0.1) is 7.11 Å². The summed E-state index contributed by atoms with van der Waals surface area (Å²) in [5.41, 5.74) is 0.0814. The molecular weight excluding hydrogens is 283 g/mol. The average molecular weight is 293 g/mol. The summed E-state index contributed by atoms with van der Waals surface area (Å²) in [7, 11) is 1.08. The Kier molecular flexibility index (Phi) is 4.40. The Labute approximate surface area is 99.8 Å². The third-order valence-corrected chi connectivity index (χ3v) is 2.74. The van der Waals surface area contributed by atoms with Crippen molar-refractivity contribution in [1.29, 1.82) is 0 Å². The highest BCUT2D eigenvalue weighted by Gasteiger charge is 2.28. The number of halogens is 2. The molecule has 0 heterocycles. The minimum absolute atomic E-state index is 0.0814. The van der Waals surface area contributed by atoms with Gasteiger partial charge in [0.25, 0.3) is 0 Å². The van der Waals surface area contributed by atoms with Crippen LogP contribution in [-0.2, 0) is 9.53 Å². The van der Waals surface area contributed by atoms with Gasteiger partial charge in [-0.3, -0.25) is 0 Å². The van der Waals surface area contributed by atoms with Crippen LogP contribution in [0.1, 0.15) is 11.7 Å². The molecule has 0 saturated heterocycles. The third kappa shape index (κ3) is 2.78. The molecule has 0 radical (unpaired) electrons. The van der Waals surface area contributed by atoms with E-state index in [1.54, 1.807) is 0 Å². The first kappa shape index (κ1) is 13.1. The summed E-state index contributed by atoms with van der Waals surface area (Å²) in [4.78, 5) is 11.0. The van der Waals surface area contributed by atoms with Crippen molar-refractivity contribution in [2.24, 2.45) is 0 Å². The molecule has 0 aliphatic rings. The maximum atomic E-state index is 12.9. The van der Waals surface area contributed by atoms with Crippen molar-refractivity contribution in [3.63, 3.8) is 0 Å². The fourth-order valence-corrected chi connectivity index (χ4v) is 1.64. The Morgan fingerprint density at radius 3 is 2.69 bits per heavy atom. The number of aliphatic hydroxyl groups excluding tert-OH is 2. The highest BCUT2D eigenvalue weighted by atomic mass is 79.9. The maximum Gasteiger partial charge on any atom is 0.337 e. The monoisotopic (exact) mass is 292 g/mol. The third-order valence-electron chi connectivity index (χ3n) is 2.02. The molecule has 0 saturated carbocycles. The van der Waals surface area contributed by atoms with Crippen LogP contribution in [0.25, 0.3) is 0 Å². The quantitative estimate of drug-likeness (QED) is 0.821. The van der Waals surface area contributed by atoms with Gasteiger partial charge in [-0.15, -0.1) is 0 Å². The molecule has 0 fully saturated rings. The van der Waals surface area contributed by atoms with Crippen molar-refractivity contribution in [1.82, 2.24) is 0 Å². The minimum Gasteiger partial charge on any atom is -0.467 e. The van der Waals surface area contributed by atoms with Crippen LogP contribution in [0.2, 0.25) is 0 Å². The van der Waals surface area contributed by atoms with Gasteiger partial charge in [0, 0.05) is 10.0 Å². The molecule has 0 spiro atoms. The number of carbonyl (C=O) groups excluding carboxylic acids is 1. The van der Waals surface area contributed by atoms with E-state index in [-0.39, 0.29) is 5.56 Å². The highest BCUT2D eigenvalue weighted by molar-refractivity contribution is 9.10. The fraction of sp³-hybridized carbons (Fsp3) is 0.300. The highest BCUT2D eigenvalue weighted by Crippen LogP contribution is 2.26. The van der Waals surface area contributed by atoms with Crippen LogP contribution in [0.15, 0.2) is 22.7 Å². The average Bonchev–Trinajstić information content (AvgIpc) is 2.29. The van der Waals surface area contributed by atoms with E-state index in [1.165, 1.54) is 12.1 Å². The van der Waals surface area contributed by atoms with Gasteiger partial charge in [-0.05, 0) is 18.2 Å². The van der Waals surface area contributed by atoms with E-state index in [9.17, 15) is 19.4 Å². The van der Waals surface area contributed by atoms with Gasteiger partial charge in [-0.1, -0.05) is 15.9 Å². The van der Waals surface area contributed by atoms with E-state index in [1.807, 2.05) is 0 Å². The van der Waals surface area contributed by atoms with Crippen LogP contribution >= 0.6 is 15.9 Å². The Hall–Kier alpha value is -0.980. The van der Waals surface area contributed by atoms with E-state index in [4.69, 9.17) is 0 Å². The van der Waals surface area contributed by atoms with E-state index < -0.39 is 24.0 Å². The molecule has 0 aliphatic carbocycles. The molecule has 0 bridgehead atoms. The Balaban J connectivity index is 2.99. The Morgan fingerprint density at radius 2 is 2.12 bits per heavy atom. The molecule has 16 heavy (non-hydrogen) atoms. The minimum atomic E-state index is -1.75. The summed E-state index contributed by atoms with van der Waals surface area (Å²) in [6.07, 6.45) is -3.29. The fourth-order valence-electron chi connectivity index (χ4n) is 1.16. The van der Waals surface area contributed by atoms with Crippen LogP contribution < -0.4 is 0 Å². The van der Waals surface area contributed by atoms with Gasteiger partial charge in [0.1, 0.15) is 11.9 Å². The second-order valence-corrected chi connectivity index (χ2v) is 3.93. The molecule has 2 atom stereocenters. The molecule has 0 aromatic heterocycles. The van der Waals surface area contributed by atoms with Gasteiger partial charge in [-0.2, -0.15) is 0 Å². The first-order valence-electron chi connectivity index (χ1n) is 4.36. The second-order valence-electron chi connectivity index (χ2n) is 3.08. The molecule has 1 rings (SSSR count). The number of hydrogen-bond acceptors (Lipinski definition) is 4. The predicted molar refractivity (Wildman–Crippen MR) is 57.1 cm³/mol. The Morgan fingerprint density at radius 1 is 1.50 bits per heavy atom. The summed E-state index contributed by atoms with van der Waals surface area (Å²) in [6.45, 7) is 0. The van der Waals surface area contributed by atoms with Crippen LogP contribution in [-0.4, -0.2) is 29.4 Å². The maximum absolute atomic E-state index is 12.9. The number of esters is 1. The summed E-state index contributed by atoms with van der Waals surface area (Å²) in [5.74, 6) is -1.56. The summed E-state index contributed by atoms with van der Waals surface area (Å²) in [6, 6.07) is 3.59. The van der Waals surface area contributed by atoms with Crippen molar-refractivity contribution in [3.05, 3.63) is 34.1 Å². The standard InChI is InChI=1S/C10H10BrFO4/c1-16-10(15)9(14)8(13)6-4-5(12)2-3-7(6)11/h2-4,8-9,13-14H,1H3. The van der Waals surface area contributed by atoms with Crippen molar-refractivity contribution in [2.45, 2.75) is 12.2 Å². The van der Waals surface area contributed by atoms with Gasteiger partial charge < -0.3 is 14.9 Å². The SMILES string of the molecule is COC(=O)C(O)C(O)c1cc(F)ccc1Br. The number of ether oxygens (including phenoxy) is 1. The molecule has 0 amide bonds. The Bertz CT molecular complexity index is 396. The van der Waals surface area contributed by atoms with Crippen molar-refractivity contribution < 1.29 is 24.1 Å². The number of aliphatic hydroxyl groups is 2. The van der Waals surface area contributed by atoms with Crippen LogP contribution in [0, 0.1) is 5.82 Å². The summed E-state index contributed by atoms with van der Waals surface area (Å²) in [5, 5.41) is 19.0. The van der Waals surface area contributed by atoms with E-state index in [0.29, 0.717) is 4.47 Å². The van der Waals surface area contributed by atoms with E-state index in [2.05, 4.69) is 20.7 Å². The molecule has 88 valence electrons. The van der Waals surface area contributed by atoms with Crippen molar-refractivity contribution in [3.8, 4) is 0 Å². The zero-order valence-electron chi connectivity index (χ0n) is 8.35. The van der Waals surface area contributed by atoms with Gasteiger partial charge in [0.2, 0.25) is 0 Å². The first-order valence-corrected chi connectivity index (χ1v) is 5.15. The number of rotatable bonds is 3. The number of benzene rings is 1. The number of methoxy groups -OCH3 is 1. The number of hydrogen-bond donors (Lipinski definition) is 2. The lowest BCUT2D eigenvalue weighted by Gasteiger charge is -2.17. The van der Waals surface area contributed by atoms with Crippen LogP contribution in [0.5, 0.6) is 0 Å². The molecule has 6 heteroatoms. The van der Waals surface area contributed by atoms with Crippen LogP contribution in [0.4, 0.5) is 4.39 Å². The molecule has 1 aromatic rings. The molecule has 1 aromatic carbocycles. The molecule has 4 nitrogen and oxygen atoms in total. The molecule has 2 unspecified atom stereocenters. The molecule has 0 aliphatic heterocycles. The van der Waals surface area contributed by atoms with E-state index >= 15 is 0 Å². The summed E-state index contributed by atoms with van der Waals surface area (Å²) < 4.78 is 17.6. The second kappa shape index (κ2) is 5.38. The zero-order chi connectivity index (χ0) is 12.3. The zero-order valence-corrected chi connectivity index (χ0v) is 9.94. The lowest BCUT2D eigenvalue weighted by atomic mass is 10.0. The largest absolute Gasteiger partial charge is 0.467 e. The van der Waals surface area contributed by atoms with E-state index in [0.717, 1.165) is 13.2 Å². The van der Waals surface area contributed by atoms with Crippen molar-refractivity contribution in [2.75, 3.05) is 7.11 Å². The molecular formula is C10H10BrFO4. The van der Waals surface area contributed by atoms with Crippen molar-refractivity contribution >= 4 is 21.9 Å². The van der Waals surface area contributed by atoms with Gasteiger partial charge in [0.15, 0.2) is 6.10 Å². The normalized spacial score (nSPS) is 14.3. The topological polar surface area (TPSA) is 66.8 Å². The lowest BCUT2D eigenvalue weighted by molar-refractivity contribution is -0.156. The first-order chi connectivity index (χ1) is 7.47. The smallest absolute Gasteiger partial charge is 0.337 e. The summed E-state index contributed by atoms with van der Waals surface area (Å²) >= 11 is 3.08. The van der Waals surface area contributed by atoms with Crippen LogP contribution in [0.3, 0.4) is 0 Å². The lowest BCUT2D eigenvalue weighted by Crippen LogP contribution is -2.29. The van der Waals surface area contributed by atoms with Gasteiger partial charge in [-0.25, -0.2) is 9.18 Å². The number of carbonyl (C=O) groups is 1. The predicted octanol–water partition coefficient (Wildman–Crippen LogP) is 1.16. The molecule has 2 N–H and O–H groups in total. The van der Waals surface area contributed by atoms with Gasteiger partial charge >= 0.3 is 5.97 Å².